The summed E-state index contributed by atoms with van der Waals surface area (Å²) in [5.74, 6) is 0.818. The van der Waals surface area contributed by atoms with Crippen molar-refractivity contribution in [3.63, 3.8) is 0 Å². The summed E-state index contributed by atoms with van der Waals surface area (Å²) >= 11 is 0. The molecule has 0 aromatic heterocycles. The molecule has 1 heterocycles. The number of aryl methyl sites for hydroxylation is 1. The average Bonchev–Trinajstić information content (AvgIpc) is 2.82. The van der Waals surface area contributed by atoms with E-state index in [1.54, 1.807) is 0 Å². The van der Waals surface area contributed by atoms with Crippen molar-refractivity contribution in [2.24, 2.45) is 5.92 Å². The SMILES string of the molecule is Cc1ccc(C(C)(C)CNCC2CCNC2)cc1. The molecule has 1 aromatic carbocycles. The highest BCUT2D eigenvalue weighted by Crippen LogP contribution is 2.22. The van der Waals surface area contributed by atoms with Crippen LogP contribution in [0.5, 0.6) is 0 Å². The summed E-state index contributed by atoms with van der Waals surface area (Å²) < 4.78 is 0. The fourth-order valence-electron chi connectivity index (χ4n) is 2.58. The van der Waals surface area contributed by atoms with Crippen LogP contribution in [0.1, 0.15) is 31.4 Å². The van der Waals surface area contributed by atoms with Gasteiger partial charge in [0, 0.05) is 12.0 Å². The predicted molar refractivity (Wildman–Crippen MR) is 78.1 cm³/mol. The molecule has 0 bridgehead atoms. The molecule has 2 N–H and O–H groups in total. The third-order valence-electron chi connectivity index (χ3n) is 4.00. The molecule has 100 valence electrons. The standard InChI is InChI=1S/C16H26N2/c1-13-4-6-15(7-5-13)16(2,3)12-18-11-14-8-9-17-10-14/h4-7,14,17-18H,8-12H2,1-3H3. The zero-order chi connectivity index (χ0) is 13.0. The summed E-state index contributed by atoms with van der Waals surface area (Å²) in [6.07, 6.45) is 1.32. The minimum absolute atomic E-state index is 0.208. The molecular weight excluding hydrogens is 220 g/mol. The van der Waals surface area contributed by atoms with Gasteiger partial charge >= 0.3 is 0 Å². The molecule has 2 rings (SSSR count). The Labute approximate surface area is 111 Å². The van der Waals surface area contributed by atoms with E-state index in [1.165, 1.54) is 30.6 Å². The molecule has 0 spiro atoms. The zero-order valence-corrected chi connectivity index (χ0v) is 11.9. The molecule has 2 heteroatoms. The average molecular weight is 246 g/mol. The molecule has 1 fully saturated rings. The van der Waals surface area contributed by atoms with Crippen molar-refractivity contribution in [3.05, 3.63) is 35.4 Å². The van der Waals surface area contributed by atoms with Crippen molar-refractivity contribution in [2.45, 2.75) is 32.6 Å². The lowest BCUT2D eigenvalue weighted by Gasteiger charge is -2.26. The van der Waals surface area contributed by atoms with E-state index in [1.807, 2.05) is 0 Å². The third-order valence-corrected chi connectivity index (χ3v) is 4.00. The number of rotatable bonds is 5. The van der Waals surface area contributed by atoms with Gasteiger partial charge in [-0.15, -0.1) is 0 Å². The second-order valence-corrected chi connectivity index (χ2v) is 6.24. The second-order valence-electron chi connectivity index (χ2n) is 6.24. The van der Waals surface area contributed by atoms with Gasteiger partial charge in [0.05, 0.1) is 0 Å². The first-order valence-corrected chi connectivity index (χ1v) is 7.06. The number of hydrogen-bond donors (Lipinski definition) is 2. The lowest BCUT2D eigenvalue weighted by Crippen LogP contribution is -2.36. The van der Waals surface area contributed by atoms with Gasteiger partial charge < -0.3 is 10.6 Å². The molecule has 18 heavy (non-hydrogen) atoms. The summed E-state index contributed by atoms with van der Waals surface area (Å²) in [4.78, 5) is 0. The van der Waals surface area contributed by atoms with Crippen molar-refractivity contribution in [3.8, 4) is 0 Å². The van der Waals surface area contributed by atoms with Crippen molar-refractivity contribution < 1.29 is 0 Å². The summed E-state index contributed by atoms with van der Waals surface area (Å²) in [7, 11) is 0. The Bertz CT molecular complexity index is 361. The van der Waals surface area contributed by atoms with Crippen molar-refractivity contribution >= 4 is 0 Å². The normalized spacial score (nSPS) is 20.3. The van der Waals surface area contributed by atoms with E-state index in [-0.39, 0.29) is 5.41 Å². The lowest BCUT2D eigenvalue weighted by molar-refractivity contribution is 0.431. The van der Waals surface area contributed by atoms with Crippen LogP contribution in [-0.4, -0.2) is 26.2 Å². The second kappa shape index (κ2) is 5.85. The lowest BCUT2D eigenvalue weighted by atomic mass is 9.84. The maximum Gasteiger partial charge on any atom is 0.00433 e. The largest absolute Gasteiger partial charge is 0.316 e. The van der Waals surface area contributed by atoms with E-state index in [4.69, 9.17) is 0 Å². The van der Waals surface area contributed by atoms with Crippen LogP contribution in [0.15, 0.2) is 24.3 Å². The van der Waals surface area contributed by atoms with E-state index in [2.05, 4.69) is 55.7 Å². The van der Waals surface area contributed by atoms with Gasteiger partial charge in [-0.1, -0.05) is 43.7 Å². The van der Waals surface area contributed by atoms with Crippen LogP contribution in [-0.2, 0) is 5.41 Å². The topological polar surface area (TPSA) is 24.1 Å². The molecule has 1 aliphatic heterocycles. The van der Waals surface area contributed by atoms with E-state index >= 15 is 0 Å². The van der Waals surface area contributed by atoms with Crippen LogP contribution >= 0.6 is 0 Å². The highest BCUT2D eigenvalue weighted by molar-refractivity contribution is 5.27. The molecule has 0 radical (unpaired) electrons. The zero-order valence-electron chi connectivity index (χ0n) is 11.9. The van der Waals surface area contributed by atoms with Crippen molar-refractivity contribution in [1.82, 2.24) is 10.6 Å². The highest BCUT2D eigenvalue weighted by Gasteiger charge is 2.21. The Morgan fingerprint density at radius 1 is 1.28 bits per heavy atom. The molecule has 0 saturated carbocycles. The first-order valence-electron chi connectivity index (χ1n) is 7.06. The maximum absolute atomic E-state index is 3.64. The van der Waals surface area contributed by atoms with Gasteiger partial charge in [0.15, 0.2) is 0 Å². The third kappa shape index (κ3) is 3.56. The predicted octanol–water partition coefficient (Wildman–Crippen LogP) is 2.47. The smallest absolute Gasteiger partial charge is 0.00433 e. The van der Waals surface area contributed by atoms with Crippen LogP contribution in [0.3, 0.4) is 0 Å². The molecule has 1 saturated heterocycles. The first kappa shape index (κ1) is 13.6. The van der Waals surface area contributed by atoms with E-state index < -0.39 is 0 Å². The molecule has 0 aliphatic carbocycles. The van der Waals surface area contributed by atoms with Crippen LogP contribution in [0.4, 0.5) is 0 Å². The first-order chi connectivity index (χ1) is 8.58. The number of nitrogens with one attached hydrogen (secondary N) is 2. The van der Waals surface area contributed by atoms with E-state index in [0.717, 1.165) is 19.0 Å². The molecule has 1 atom stereocenters. The van der Waals surface area contributed by atoms with E-state index in [9.17, 15) is 0 Å². The van der Waals surface area contributed by atoms with Gasteiger partial charge in [-0.3, -0.25) is 0 Å². The van der Waals surface area contributed by atoms with E-state index in [0.29, 0.717) is 0 Å². The molecular formula is C16H26N2. The summed E-state index contributed by atoms with van der Waals surface area (Å²) in [6.45, 7) is 11.3. The maximum atomic E-state index is 3.64. The molecule has 0 amide bonds. The fourth-order valence-corrected chi connectivity index (χ4v) is 2.58. The Kier molecular flexibility index (Phi) is 4.41. The van der Waals surface area contributed by atoms with Crippen LogP contribution in [0, 0.1) is 12.8 Å². The Morgan fingerprint density at radius 3 is 2.61 bits per heavy atom. The Hall–Kier alpha value is -0.860. The van der Waals surface area contributed by atoms with Crippen LogP contribution in [0.25, 0.3) is 0 Å². The minimum Gasteiger partial charge on any atom is -0.316 e. The minimum atomic E-state index is 0.208. The quantitative estimate of drug-likeness (QED) is 0.834. The van der Waals surface area contributed by atoms with Gasteiger partial charge in [-0.05, 0) is 44.5 Å². The van der Waals surface area contributed by atoms with Crippen molar-refractivity contribution in [2.75, 3.05) is 26.2 Å². The Balaban J connectivity index is 1.84. The highest BCUT2D eigenvalue weighted by atomic mass is 14.9. The Morgan fingerprint density at radius 2 is 2.00 bits per heavy atom. The molecule has 1 aliphatic rings. The van der Waals surface area contributed by atoms with Gasteiger partial charge in [0.2, 0.25) is 0 Å². The van der Waals surface area contributed by atoms with Crippen LogP contribution < -0.4 is 10.6 Å². The van der Waals surface area contributed by atoms with Gasteiger partial charge in [0.25, 0.3) is 0 Å². The molecule has 2 nitrogen and oxygen atoms in total. The summed E-state index contributed by atoms with van der Waals surface area (Å²) in [5.41, 5.74) is 2.96. The fraction of sp³-hybridized carbons (Fsp3) is 0.625. The van der Waals surface area contributed by atoms with Gasteiger partial charge in [0.1, 0.15) is 0 Å². The summed E-state index contributed by atoms with van der Waals surface area (Å²) in [5, 5.41) is 7.06. The molecule has 1 aromatic rings. The van der Waals surface area contributed by atoms with Gasteiger partial charge in [-0.2, -0.15) is 0 Å². The summed E-state index contributed by atoms with van der Waals surface area (Å²) in [6, 6.07) is 8.93. The van der Waals surface area contributed by atoms with Crippen LogP contribution in [0.2, 0.25) is 0 Å². The van der Waals surface area contributed by atoms with Gasteiger partial charge in [-0.25, -0.2) is 0 Å². The number of benzene rings is 1. The van der Waals surface area contributed by atoms with Crippen molar-refractivity contribution in [1.29, 1.82) is 0 Å². The monoisotopic (exact) mass is 246 g/mol. The molecule has 1 unspecified atom stereocenters. The number of hydrogen-bond acceptors (Lipinski definition) is 2.